The maximum absolute atomic E-state index is 12.7. The minimum Gasteiger partial charge on any atom is -0.352 e. The van der Waals surface area contributed by atoms with Crippen molar-refractivity contribution in [3.05, 3.63) is 88.7 Å². The number of aromatic nitrogens is 4. The number of amides is 1. The summed E-state index contributed by atoms with van der Waals surface area (Å²) in [6.45, 7) is 0.437. The van der Waals surface area contributed by atoms with Gasteiger partial charge < -0.3 is 5.32 Å². The van der Waals surface area contributed by atoms with E-state index in [0.717, 1.165) is 16.8 Å². The Bertz CT molecular complexity index is 1140. The van der Waals surface area contributed by atoms with Crippen LogP contribution in [0.25, 0.3) is 16.8 Å². The van der Waals surface area contributed by atoms with E-state index in [0.29, 0.717) is 24.2 Å². The molecule has 0 spiro atoms. The standard InChI is InChI=1S/C20H17N5O2.ClH/c26-19(22-11-9-16-8-4-5-10-21-16)17-12-15(14-6-2-1-3-7-14)13-25-18(17)23-24-20(25)27;/h1-8,10,12-13H,9,11H2,(H,22,26)(H,24,27);1H. The number of rotatable bonds is 5. The summed E-state index contributed by atoms with van der Waals surface area (Å²) in [5.74, 6) is -0.285. The molecule has 3 heterocycles. The molecule has 1 aromatic carbocycles. The van der Waals surface area contributed by atoms with Crippen molar-refractivity contribution in [3.8, 4) is 11.1 Å². The molecule has 0 aliphatic heterocycles. The highest BCUT2D eigenvalue weighted by Crippen LogP contribution is 2.21. The monoisotopic (exact) mass is 395 g/mol. The molecule has 142 valence electrons. The van der Waals surface area contributed by atoms with Gasteiger partial charge in [-0.15, -0.1) is 12.4 Å². The maximum atomic E-state index is 12.7. The molecule has 0 fully saturated rings. The predicted octanol–water partition coefficient (Wildman–Crippen LogP) is 2.48. The number of pyridine rings is 2. The Morgan fingerprint density at radius 2 is 1.86 bits per heavy atom. The van der Waals surface area contributed by atoms with Crippen LogP contribution >= 0.6 is 12.4 Å². The second-order valence-corrected chi connectivity index (χ2v) is 6.06. The van der Waals surface area contributed by atoms with Crippen molar-refractivity contribution in [2.24, 2.45) is 0 Å². The molecule has 0 radical (unpaired) electrons. The number of nitrogens with one attached hydrogen (secondary N) is 2. The van der Waals surface area contributed by atoms with Gasteiger partial charge in [0.1, 0.15) is 0 Å². The molecule has 4 rings (SSSR count). The first-order valence-corrected chi connectivity index (χ1v) is 8.57. The molecule has 1 amide bonds. The molecule has 0 bridgehead atoms. The highest BCUT2D eigenvalue weighted by molar-refractivity contribution is 6.00. The summed E-state index contributed by atoms with van der Waals surface area (Å²) in [7, 11) is 0. The van der Waals surface area contributed by atoms with E-state index in [1.54, 1.807) is 18.5 Å². The Kier molecular flexibility index (Phi) is 5.86. The Balaban J connectivity index is 0.00000225. The summed E-state index contributed by atoms with van der Waals surface area (Å²) in [6.07, 6.45) is 4.02. The number of H-pyrrole nitrogens is 1. The smallest absolute Gasteiger partial charge is 0.347 e. The van der Waals surface area contributed by atoms with Crippen LogP contribution in [0.1, 0.15) is 16.1 Å². The topological polar surface area (TPSA) is 92.2 Å². The fourth-order valence-electron chi connectivity index (χ4n) is 2.91. The van der Waals surface area contributed by atoms with Crippen LogP contribution in [-0.4, -0.2) is 32.0 Å². The first-order valence-electron chi connectivity index (χ1n) is 8.57. The van der Waals surface area contributed by atoms with Crippen molar-refractivity contribution < 1.29 is 4.79 Å². The van der Waals surface area contributed by atoms with Crippen LogP contribution in [0.2, 0.25) is 0 Å². The first kappa shape index (κ1) is 19.3. The van der Waals surface area contributed by atoms with Crippen LogP contribution in [0, 0.1) is 0 Å². The van der Waals surface area contributed by atoms with Crippen molar-refractivity contribution in [2.75, 3.05) is 6.54 Å². The van der Waals surface area contributed by atoms with E-state index in [4.69, 9.17) is 0 Å². The summed E-state index contributed by atoms with van der Waals surface area (Å²) in [4.78, 5) is 29.0. The third-order valence-electron chi connectivity index (χ3n) is 4.26. The molecule has 3 aromatic heterocycles. The minimum absolute atomic E-state index is 0. The van der Waals surface area contributed by atoms with Gasteiger partial charge in [-0.05, 0) is 29.3 Å². The number of benzene rings is 1. The average molecular weight is 396 g/mol. The third-order valence-corrected chi connectivity index (χ3v) is 4.26. The van der Waals surface area contributed by atoms with E-state index in [1.807, 2.05) is 48.5 Å². The number of hydrogen-bond acceptors (Lipinski definition) is 4. The summed E-state index contributed by atoms with van der Waals surface area (Å²) < 4.78 is 1.36. The third kappa shape index (κ3) is 3.94. The lowest BCUT2D eigenvalue weighted by atomic mass is 10.1. The number of hydrogen-bond donors (Lipinski definition) is 2. The molecular formula is C20H18ClN5O2. The molecule has 7 nitrogen and oxygen atoms in total. The van der Waals surface area contributed by atoms with Crippen molar-refractivity contribution in [2.45, 2.75) is 6.42 Å². The number of nitrogens with zero attached hydrogens (tertiary/aromatic N) is 3. The number of carbonyl (C=O) groups is 1. The molecule has 2 N–H and O–H groups in total. The van der Waals surface area contributed by atoms with Gasteiger partial charge in [0.25, 0.3) is 5.91 Å². The Morgan fingerprint density at radius 1 is 1.07 bits per heavy atom. The molecule has 0 saturated carbocycles. The van der Waals surface area contributed by atoms with Crippen LogP contribution in [0.15, 0.2) is 71.8 Å². The van der Waals surface area contributed by atoms with Crippen molar-refractivity contribution >= 4 is 24.0 Å². The molecule has 0 unspecified atom stereocenters. The van der Waals surface area contributed by atoms with Crippen LogP contribution < -0.4 is 11.0 Å². The van der Waals surface area contributed by atoms with Gasteiger partial charge in [0, 0.05) is 31.1 Å². The Labute approximate surface area is 166 Å². The van der Waals surface area contributed by atoms with Crippen LogP contribution in [0.4, 0.5) is 0 Å². The number of carbonyl (C=O) groups excluding carboxylic acids is 1. The summed E-state index contributed by atoms with van der Waals surface area (Å²) in [6, 6.07) is 17.0. The predicted molar refractivity (Wildman–Crippen MR) is 109 cm³/mol. The first-order chi connectivity index (χ1) is 13.2. The lowest BCUT2D eigenvalue weighted by Gasteiger charge is -2.09. The summed E-state index contributed by atoms with van der Waals surface area (Å²) in [5.41, 5.74) is 2.84. The van der Waals surface area contributed by atoms with Crippen LogP contribution in [0.5, 0.6) is 0 Å². The normalized spacial score (nSPS) is 10.4. The van der Waals surface area contributed by atoms with E-state index in [-0.39, 0.29) is 24.0 Å². The molecule has 28 heavy (non-hydrogen) atoms. The maximum Gasteiger partial charge on any atom is 0.347 e. The molecular weight excluding hydrogens is 378 g/mol. The molecule has 4 aromatic rings. The molecule has 0 aliphatic carbocycles. The fourth-order valence-corrected chi connectivity index (χ4v) is 2.91. The van der Waals surface area contributed by atoms with E-state index in [1.165, 1.54) is 4.40 Å². The van der Waals surface area contributed by atoms with Gasteiger partial charge in [-0.1, -0.05) is 36.4 Å². The largest absolute Gasteiger partial charge is 0.352 e. The fraction of sp³-hybridized carbons (Fsp3) is 0.100. The number of aromatic amines is 1. The average Bonchev–Trinajstić information content (AvgIpc) is 3.09. The van der Waals surface area contributed by atoms with Crippen LogP contribution in [-0.2, 0) is 6.42 Å². The van der Waals surface area contributed by atoms with Gasteiger partial charge in [0.2, 0.25) is 0 Å². The van der Waals surface area contributed by atoms with E-state index in [2.05, 4.69) is 20.5 Å². The summed E-state index contributed by atoms with van der Waals surface area (Å²) >= 11 is 0. The zero-order chi connectivity index (χ0) is 18.6. The second-order valence-electron chi connectivity index (χ2n) is 6.06. The van der Waals surface area contributed by atoms with Gasteiger partial charge >= 0.3 is 5.69 Å². The zero-order valence-corrected chi connectivity index (χ0v) is 15.6. The highest BCUT2D eigenvalue weighted by Gasteiger charge is 2.16. The molecule has 0 saturated heterocycles. The molecule has 8 heteroatoms. The Morgan fingerprint density at radius 3 is 2.61 bits per heavy atom. The van der Waals surface area contributed by atoms with Crippen molar-refractivity contribution in [3.63, 3.8) is 0 Å². The van der Waals surface area contributed by atoms with Gasteiger partial charge in [-0.2, -0.15) is 5.10 Å². The molecule has 0 atom stereocenters. The lowest BCUT2D eigenvalue weighted by Crippen LogP contribution is -2.27. The van der Waals surface area contributed by atoms with Gasteiger partial charge in [-0.25, -0.2) is 14.3 Å². The lowest BCUT2D eigenvalue weighted by molar-refractivity contribution is 0.0955. The van der Waals surface area contributed by atoms with Gasteiger partial charge in [-0.3, -0.25) is 9.78 Å². The van der Waals surface area contributed by atoms with Crippen molar-refractivity contribution in [1.29, 1.82) is 0 Å². The Hall–Kier alpha value is -3.45. The van der Waals surface area contributed by atoms with Crippen molar-refractivity contribution in [1.82, 2.24) is 24.9 Å². The minimum atomic E-state index is -0.384. The molecule has 0 aliphatic rings. The highest BCUT2D eigenvalue weighted by atomic mass is 35.5. The van der Waals surface area contributed by atoms with Gasteiger partial charge in [0.15, 0.2) is 5.65 Å². The van der Waals surface area contributed by atoms with E-state index in [9.17, 15) is 9.59 Å². The van der Waals surface area contributed by atoms with Crippen LogP contribution in [0.3, 0.4) is 0 Å². The number of fused-ring (bicyclic) bond motifs is 1. The van der Waals surface area contributed by atoms with E-state index < -0.39 is 0 Å². The summed E-state index contributed by atoms with van der Waals surface area (Å²) in [5, 5.41) is 9.27. The van der Waals surface area contributed by atoms with E-state index >= 15 is 0 Å². The number of halogens is 1. The van der Waals surface area contributed by atoms with Gasteiger partial charge in [0.05, 0.1) is 5.56 Å². The quantitative estimate of drug-likeness (QED) is 0.543. The second kappa shape index (κ2) is 8.49. The zero-order valence-electron chi connectivity index (χ0n) is 14.8. The SMILES string of the molecule is Cl.O=C(NCCc1ccccn1)c1cc(-c2ccccc2)cn2c(=O)[nH]nc12.